The Labute approximate surface area is 115 Å². The van der Waals surface area contributed by atoms with Crippen LogP contribution in [0.5, 0.6) is 0 Å². The highest BCUT2D eigenvalue weighted by molar-refractivity contribution is 5.91. The Bertz CT molecular complexity index is 610. The van der Waals surface area contributed by atoms with E-state index in [1.54, 1.807) is 0 Å². The molecule has 4 heteroatoms. The Hall–Kier alpha value is -1.58. The van der Waals surface area contributed by atoms with E-state index in [1.165, 1.54) is 11.3 Å². The topological polar surface area (TPSA) is 56.7 Å². The van der Waals surface area contributed by atoms with Crippen molar-refractivity contribution in [1.82, 2.24) is 14.5 Å². The maximum absolute atomic E-state index is 6.07. The number of rotatable bonds is 3. The van der Waals surface area contributed by atoms with Crippen LogP contribution < -0.4 is 5.73 Å². The molecule has 1 atom stereocenters. The van der Waals surface area contributed by atoms with E-state index in [0.29, 0.717) is 17.7 Å². The maximum Gasteiger partial charge on any atom is 0.146 e. The predicted molar refractivity (Wildman–Crippen MR) is 80.2 cm³/mol. The van der Waals surface area contributed by atoms with Gasteiger partial charge in [0.1, 0.15) is 17.3 Å². The first-order valence-corrected chi connectivity index (χ1v) is 6.92. The van der Waals surface area contributed by atoms with E-state index < -0.39 is 0 Å². The van der Waals surface area contributed by atoms with Gasteiger partial charge in [-0.25, -0.2) is 9.97 Å². The third-order valence-corrected chi connectivity index (χ3v) is 4.22. The van der Waals surface area contributed by atoms with Gasteiger partial charge in [0.05, 0.1) is 5.39 Å². The van der Waals surface area contributed by atoms with Crippen LogP contribution in [0, 0.1) is 32.6 Å². The highest BCUT2D eigenvalue weighted by Gasteiger charge is 2.18. The Balaban J connectivity index is 2.64. The fourth-order valence-corrected chi connectivity index (χ4v) is 2.40. The molecule has 2 heterocycles. The number of fused-ring (bicyclic) bond motifs is 1. The predicted octanol–water partition coefficient (Wildman–Crippen LogP) is 3.23. The van der Waals surface area contributed by atoms with Crippen LogP contribution in [-0.2, 0) is 6.54 Å². The maximum atomic E-state index is 6.07. The van der Waals surface area contributed by atoms with E-state index in [4.69, 9.17) is 5.73 Å². The minimum Gasteiger partial charge on any atom is -0.383 e. The first-order chi connectivity index (χ1) is 8.82. The van der Waals surface area contributed by atoms with Gasteiger partial charge < -0.3 is 10.3 Å². The average Bonchev–Trinajstić information content (AvgIpc) is 2.54. The van der Waals surface area contributed by atoms with Crippen molar-refractivity contribution in [3.05, 3.63) is 17.1 Å². The highest BCUT2D eigenvalue weighted by Crippen LogP contribution is 2.29. The van der Waals surface area contributed by atoms with Gasteiger partial charge in [-0.15, -0.1) is 0 Å². The number of aryl methyl sites for hydroxylation is 2. The zero-order valence-electron chi connectivity index (χ0n) is 12.8. The molecule has 0 saturated carbocycles. The fraction of sp³-hybridized carbons (Fsp3) is 0.600. The molecule has 0 aliphatic carbocycles. The van der Waals surface area contributed by atoms with Crippen LogP contribution in [0.25, 0.3) is 11.0 Å². The lowest BCUT2D eigenvalue weighted by molar-refractivity contribution is 0.366. The van der Waals surface area contributed by atoms with Crippen molar-refractivity contribution in [1.29, 1.82) is 0 Å². The summed E-state index contributed by atoms with van der Waals surface area (Å²) in [7, 11) is 0. The first-order valence-electron chi connectivity index (χ1n) is 6.92. The van der Waals surface area contributed by atoms with Crippen LogP contribution in [0.3, 0.4) is 0 Å². The van der Waals surface area contributed by atoms with Crippen LogP contribution >= 0.6 is 0 Å². The number of nitrogens with zero attached hydrogens (tertiary/aromatic N) is 3. The number of hydrogen-bond donors (Lipinski definition) is 1. The second kappa shape index (κ2) is 4.83. The second-order valence-corrected chi connectivity index (χ2v) is 5.90. The van der Waals surface area contributed by atoms with E-state index in [9.17, 15) is 0 Å². The summed E-state index contributed by atoms with van der Waals surface area (Å²) >= 11 is 0. The highest BCUT2D eigenvalue weighted by atomic mass is 15.1. The van der Waals surface area contributed by atoms with Crippen molar-refractivity contribution in [3.8, 4) is 0 Å². The summed E-state index contributed by atoms with van der Waals surface area (Å²) < 4.78 is 2.29. The lowest BCUT2D eigenvalue weighted by Crippen LogP contribution is -2.14. The molecule has 2 aromatic heterocycles. The van der Waals surface area contributed by atoms with Crippen molar-refractivity contribution in [2.24, 2.45) is 11.8 Å². The van der Waals surface area contributed by atoms with Crippen molar-refractivity contribution >= 4 is 16.9 Å². The number of hydrogen-bond acceptors (Lipinski definition) is 3. The van der Waals surface area contributed by atoms with Gasteiger partial charge in [0.15, 0.2) is 0 Å². The molecule has 0 aliphatic rings. The quantitative estimate of drug-likeness (QED) is 0.921. The number of anilines is 1. The Morgan fingerprint density at radius 3 is 2.32 bits per heavy atom. The van der Waals surface area contributed by atoms with Crippen LogP contribution in [0.15, 0.2) is 0 Å². The van der Waals surface area contributed by atoms with Crippen molar-refractivity contribution < 1.29 is 0 Å². The monoisotopic (exact) mass is 260 g/mol. The average molecular weight is 260 g/mol. The minimum absolute atomic E-state index is 0.596. The lowest BCUT2D eigenvalue weighted by Gasteiger charge is -2.18. The molecule has 1 unspecified atom stereocenters. The molecule has 2 aromatic rings. The van der Waals surface area contributed by atoms with Gasteiger partial charge >= 0.3 is 0 Å². The van der Waals surface area contributed by atoms with Crippen LogP contribution in [0.4, 0.5) is 5.82 Å². The van der Waals surface area contributed by atoms with Gasteiger partial charge in [-0.3, -0.25) is 0 Å². The summed E-state index contributed by atoms with van der Waals surface area (Å²) in [6.07, 6.45) is 0. The van der Waals surface area contributed by atoms with Gasteiger partial charge in [0, 0.05) is 12.2 Å². The first kappa shape index (κ1) is 13.8. The second-order valence-electron chi connectivity index (χ2n) is 5.90. The fourth-order valence-electron chi connectivity index (χ4n) is 2.40. The number of nitrogens with two attached hydrogens (primary N) is 1. The molecule has 0 bridgehead atoms. The Kier molecular flexibility index (Phi) is 3.52. The standard InChI is InChI=1S/C15H24N4/c1-8(2)9(3)7-19-11(5)10(4)13-14(16)17-12(6)18-15(13)19/h8-9H,7H2,1-6H3,(H2,16,17,18). The van der Waals surface area contributed by atoms with Gasteiger partial charge in [0.25, 0.3) is 0 Å². The van der Waals surface area contributed by atoms with Gasteiger partial charge in [-0.1, -0.05) is 20.8 Å². The van der Waals surface area contributed by atoms with Gasteiger partial charge in [-0.05, 0) is 38.2 Å². The van der Waals surface area contributed by atoms with Crippen molar-refractivity contribution in [2.45, 2.75) is 48.1 Å². The van der Waals surface area contributed by atoms with E-state index in [2.05, 4.69) is 49.2 Å². The molecule has 0 aliphatic heterocycles. The summed E-state index contributed by atoms with van der Waals surface area (Å²) in [5.41, 5.74) is 9.49. The van der Waals surface area contributed by atoms with E-state index in [1.807, 2.05) is 6.92 Å². The van der Waals surface area contributed by atoms with E-state index >= 15 is 0 Å². The zero-order valence-corrected chi connectivity index (χ0v) is 12.8. The molecule has 0 amide bonds. The minimum atomic E-state index is 0.596. The Morgan fingerprint density at radius 2 is 1.74 bits per heavy atom. The third kappa shape index (κ3) is 2.31. The molecule has 0 saturated heterocycles. The molecule has 0 aromatic carbocycles. The largest absolute Gasteiger partial charge is 0.383 e. The number of nitrogen functional groups attached to an aromatic ring is 1. The smallest absolute Gasteiger partial charge is 0.146 e. The van der Waals surface area contributed by atoms with E-state index in [0.717, 1.165) is 23.4 Å². The molecule has 4 nitrogen and oxygen atoms in total. The summed E-state index contributed by atoms with van der Waals surface area (Å²) in [4.78, 5) is 8.89. The summed E-state index contributed by atoms with van der Waals surface area (Å²) in [6.45, 7) is 13.9. The number of aromatic nitrogens is 3. The lowest BCUT2D eigenvalue weighted by atomic mass is 9.98. The van der Waals surface area contributed by atoms with Crippen molar-refractivity contribution in [2.75, 3.05) is 5.73 Å². The molecule has 104 valence electrons. The summed E-state index contributed by atoms with van der Waals surface area (Å²) in [5, 5.41) is 1.01. The molecular weight excluding hydrogens is 236 g/mol. The van der Waals surface area contributed by atoms with Crippen LogP contribution in [0.2, 0.25) is 0 Å². The van der Waals surface area contributed by atoms with Gasteiger partial charge in [-0.2, -0.15) is 0 Å². The van der Waals surface area contributed by atoms with Crippen LogP contribution in [-0.4, -0.2) is 14.5 Å². The molecule has 2 N–H and O–H groups in total. The Morgan fingerprint density at radius 1 is 1.11 bits per heavy atom. The third-order valence-electron chi connectivity index (χ3n) is 4.22. The molecule has 2 rings (SSSR count). The van der Waals surface area contributed by atoms with Gasteiger partial charge in [0.2, 0.25) is 0 Å². The SMILES string of the molecule is Cc1nc(N)c2c(C)c(C)n(CC(C)C(C)C)c2n1. The molecule has 0 radical (unpaired) electrons. The molecule has 0 spiro atoms. The molecule has 0 fully saturated rings. The molecular formula is C15H24N4. The summed E-state index contributed by atoms with van der Waals surface area (Å²) in [6, 6.07) is 0. The van der Waals surface area contributed by atoms with E-state index in [-0.39, 0.29) is 0 Å². The molecule has 19 heavy (non-hydrogen) atoms. The van der Waals surface area contributed by atoms with Crippen molar-refractivity contribution in [3.63, 3.8) is 0 Å². The normalized spacial score (nSPS) is 13.4. The van der Waals surface area contributed by atoms with Crippen LogP contribution in [0.1, 0.15) is 37.9 Å². The zero-order chi connectivity index (χ0) is 14.3. The summed E-state index contributed by atoms with van der Waals surface area (Å²) in [5.74, 6) is 2.59.